The van der Waals surface area contributed by atoms with Crippen LogP contribution in [0.4, 0.5) is 0 Å². The van der Waals surface area contributed by atoms with Gasteiger partial charge in [0.05, 0.1) is 5.52 Å². The standard InChI is InChI=1S/C15H11NO/c17-14-9-2-1-7-12(14)13-8-3-5-11-6-4-10-16-15(11)13/h1-10,17H. The summed E-state index contributed by atoms with van der Waals surface area (Å²) in [4.78, 5) is 4.39. The minimum absolute atomic E-state index is 0.283. The fourth-order valence-electron chi connectivity index (χ4n) is 2.02. The Bertz CT molecular complexity index is 671. The highest BCUT2D eigenvalue weighted by atomic mass is 16.3. The molecule has 1 N–H and O–H groups in total. The van der Waals surface area contributed by atoms with Crippen LogP contribution in [0.1, 0.15) is 0 Å². The third-order valence-electron chi connectivity index (χ3n) is 2.83. The average molecular weight is 221 g/mol. The van der Waals surface area contributed by atoms with Gasteiger partial charge in [-0.05, 0) is 12.1 Å². The van der Waals surface area contributed by atoms with E-state index < -0.39 is 0 Å². The molecule has 2 aromatic carbocycles. The van der Waals surface area contributed by atoms with Crippen LogP contribution in [0.5, 0.6) is 5.75 Å². The molecule has 0 amide bonds. The van der Waals surface area contributed by atoms with E-state index in [2.05, 4.69) is 4.98 Å². The maximum absolute atomic E-state index is 9.90. The highest BCUT2D eigenvalue weighted by Gasteiger charge is 2.07. The van der Waals surface area contributed by atoms with Gasteiger partial charge in [0, 0.05) is 22.7 Å². The van der Waals surface area contributed by atoms with Crippen molar-refractivity contribution in [1.82, 2.24) is 4.98 Å². The zero-order chi connectivity index (χ0) is 11.7. The summed E-state index contributed by atoms with van der Waals surface area (Å²) in [5.74, 6) is 0.283. The lowest BCUT2D eigenvalue weighted by Crippen LogP contribution is -1.84. The Morgan fingerprint density at radius 1 is 0.765 bits per heavy atom. The molecule has 82 valence electrons. The molecule has 2 nitrogen and oxygen atoms in total. The Hall–Kier alpha value is -2.35. The van der Waals surface area contributed by atoms with E-state index >= 15 is 0 Å². The van der Waals surface area contributed by atoms with Crippen molar-refractivity contribution in [2.24, 2.45) is 0 Å². The number of hydrogen-bond acceptors (Lipinski definition) is 2. The maximum atomic E-state index is 9.90. The van der Waals surface area contributed by atoms with Gasteiger partial charge in [-0.15, -0.1) is 0 Å². The van der Waals surface area contributed by atoms with Crippen LogP contribution in [0.2, 0.25) is 0 Å². The number of phenols is 1. The Morgan fingerprint density at radius 2 is 1.53 bits per heavy atom. The molecule has 3 aromatic rings. The highest BCUT2D eigenvalue weighted by molar-refractivity contribution is 5.94. The van der Waals surface area contributed by atoms with Gasteiger partial charge in [-0.2, -0.15) is 0 Å². The van der Waals surface area contributed by atoms with Crippen LogP contribution in [0.15, 0.2) is 60.8 Å². The molecule has 3 rings (SSSR count). The van der Waals surface area contributed by atoms with E-state index in [1.54, 1.807) is 12.3 Å². The van der Waals surface area contributed by atoms with Gasteiger partial charge < -0.3 is 5.11 Å². The molecule has 0 bridgehead atoms. The van der Waals surface area contributed by atoms with E-state index in [1.165, 1.54) is 0 Å². The lowest BCUT2D eigenvalue weighted by atomic mass is 10.0. The van der Waals surface area contributed by atoms with Crippen molar-refractivity contribution in [3.8, 4) is 16.9 Å². The van der Waals surface area contributed by atoms with Crippen molar-refractivity contribution < 1.29 is 5.11 Å². The van der Waals surface area contributed by atoms with Crippen LogP contribution < -0.4 is 0 Å². The van der Waals surface area contributed by atoms with Crippen LogP contribution in [0.3, 0.4) is 0 Å². The van der Waals surface area contributed by atoms with Gasteiger partial charge in [-0.1, -0.05) is 42.5 Å². The van der Waals surface area contributed by atoms with Crippen molar-refractivity contribution in [2.45, 2.75) is 0 Å². The zero-order valence-corrected chi connectivity index (χ0v) is 9.17. The molecule has 0 spiro atoms. The maximum Gasteiger partial charge on any atom is 0.123 e. The summed E-state index contributed by atoms with van der Waals surface area (Å²) in [5, 5.41) is 11.0. The van der Waals surface area contributed by atoms with E-state index in [9.17, 15) is 5.11 Å². The molecule has 0 atom stereocenters. The average Bonchev–Trinajstić information content (AvgIpc) is 2.39. The lowest BCUT2D eigenvalue weighted by molar-refractivity contribution is 0.477. The molecule has 0 aliphatic carbocycles. The molecule has 0 unspecified atom stereocenters. The second-order valence-corrected chi connectivity index (χ2v) is 3.90. The van der Waals surface area contributed by atoms with Crippen molar-refractivity contribution in [3.63, 3.8) is 0 Å². The van der Waals surface area contributed by atoms with Gasteiger partial charge in [0.25, 0.3) is 0 Å². The molecule has 1 heterocycles. The van der Waals surface area contributed by atoms with Crippen LogP contribution in [-0.4, -0.2) is 10.1 Å². The van der Waals surface area contributed by atoms with Gasteiger partial charge >= 0.3 is 0 Å². The van der Waals surface area contributed by atoms with Gasteiger partial charge in [-0.25, -0.2) is 0 Å². The summed E-state index contributed by atoms with van der Waals surface area (Å²) < 4.78 is 0. The van der Waals surface area contributed by atoms with E-state index in [4.69, 9.17) is 0 Å². The molecular weight excluding hydrogens is 210 g/mol. The fraction of sp³-hybridized carbons (Fsp3) is 0. The quantitative estimate of drug-likeness (QED) is 0.681. The second-order valence-electron chi connectivity index (χ2n) is 3.90. The first-order valence-corrected chi connectivity index (χ1v) is 5.48. The largest absolute Gasteiger partial charge is 0.507 e. The summed E-state index contributed by atoms with van der Waals surface area (Å²) in [5.41, 5.74) is 2.69. The summed E-state index contributed by atoms with van der Waals surface area (Å²) >= 11 is 0. The van der Waals surface area contributed by atoms with Crippen LogP contribution in [-0.2, 0) is 0 Å². The van der Waals surface area contributed by atoms with E-state index in [0.717, 1.165) is 22.0 Å². The van der Waals surface area contributed by atoms with Gasteiger partial charge in [0.15, 0.2) is 0 Å². The summed E-state index contributed by atoms with van der Waals surface area (Å²) in [6, 6.07) is 17.2. The number of nitrogens with zero attached hydrogens (tertiary/aromatic N) is 1. The monoisotopic (exact) mass is 221 g/mol. The van der Waals surface area contributed by atoms with Crippen LogP contribution in [0, 0.1) is 0 Å². The minimum atomic E-state index is 0.283. The van der Waals surface area contributed by atoms with E-state index in [-0.39, 0.29) is 5.75 Å². The molecule has 0 aliphatic heterocycles. The first kappa shape index (κ1) is 9.85. The highest BCUT2D eigenvalue weighted by Crippen LogP contribution is 2.32. The van der Waals surface area contributed by atoms with Gasteiger partial charge in [-0.3, -0.25) is 4.98 Å². The number of aromatic hydroxyl groups is 1. The molecular formula is C15H11NO. The summed E-state index contributed by atoms with van der Waals surface area (Å²) in [7, 11) is 0. The molecule has 17 heavy (non-hydrogen) atoms. The number of benzene rings is 2. The first-order chi connectivity index (χ1) is 8.36. The van der Waals surface area contributed by atoms with Crippen molar-refractivity contribution in [1.29, 1.82) is 0 Å². The molecule has 1 aromatic heterocycles. The fourth-order valence-corrected chi connectivity index (χ4v) is 2.02. The lowest BCUT2D eigenvalue weighted by Gasteiger charge is -2.07. The normalized spacial score (nSPS) is 10.6. The summed E-state index contributed by atoms with van der Waals surface area (Å²) in [6.07, 6.45) is 1.77. The number of rotatable bonds is 1. The molecule has 0 saturated heterocycles. The van der Waals surface area contributed by atoms with Crippen molar-refractivity contribution in [2.75, 3.05) is 0 Å². The van der Waals surface area contributed by atoms with Crippen molar-refractivity contribution >= 4 is 10.9 Å². The van der Waals surface area contributed by atoms with Gasteiger partial charge in [0.1, 0.15) is 5.75 Å². The van der Waals surface area contributed by atoms with Crippen LogP contribution in [0.25, 0.3) is 22.0 Å². The third kappa shape index (κ3) is 1.64. The molecule has 2 heteroatoms. The Balaban J connectivity index is 2.35. The van der Waals surface area contributed by atoms with Crippen molar-refractivity contribution in [3.05, 3.63) is 60.8 Å². The molecule has 0 fully saturated rings. The SMILES string of the molecule is Oc1ccccc1-c1cccc2cccnc12. The topological polar surface area (TPSA) is 33.1 Å². The zero-order valence-electron chi connectivity index (χ0n) is 9.17. The number of fused-ring (bicyclic) bond motifs is 1. The smallest absolute Gasteiger partial charge is 0.123 e. The molecule has 0 saturated carbocycles. The van der Waals surface area contributed by atoms with Crippen LogP contribution >= 0.6 is 0 Å². The predicted octanol–water partition coefficient (Wildman–Crippen LogP) is 3.61. The number of para-hydroxylation sites is 2. The van der Waals surface area contributed by atoms with Gasteiger partial charge in [0.2, 0.25) is 0 Å². The minimum Gasteiger partial charge on any atom is -0.507 e. The third-order valence-corrected chi connectivity index (χ3v) is 2.83. The Labute approximate surface area is 99.2 Å². The second kappa shape index (κ2) is 3.91. The number of aromatic nitrogens is 1. The number of pyridine rings is 1. The predicted molar refractivity (Wildman–Crippen MR) is 68.8 cm³/mol. The first-order valence-electron chi connectivity index (χ1n) is 5.48. The number of hydrogen-bond donors (Lipinski definition) is 1. The molecule has 0 radical (unpaired) electrons. The number of phenolic OH excluding ortho intramolecular Hbond substituents is 1. The van der Waals surface area contributed by atoms with E-state index in [0.29, 0.717) is 0 Å². The Kier molecular flexibility index (Phi) is 2.26. The molecule has 0 aliphatic rings. The van der Waals surface area contributed by atoms with E-state index in [1.807, 2.05) is 48.5 Å². The Morgan fingerprint density at radius 3 is 2.41 bits per heavy atom. The summed E-state index contributed by atoms with van der Waals surface area (Å²) in [6.45, 7) is 0.